The number of rotatable bonds is 11. The van der Waals surface area contributed by atoms with E-state index in [9.17, 15) is 0 Å². The quantitative estimate of drug-likeness (QED) is 0.514. The lowest BCUT2D eigenvalue weighted by Crippen LogP contribution is -2.03. The molecule has 0 radical (unpaired) electrons. The monoisotopic (exact) mass is 276 g/mol. The number of aromatic nitrogens is 1. The molecule has 0 aliphatic rings. The second-order valence-electron chi connectivity index (χ2n) is 5.79. The van der Waals surface area contributed by atoms with Crippen molar-refractivity contribution >= 4 is 0 Å². The standard InChI is InChI=1S/C18H32N2/c1-3-4-5-6-7-8-9-10-11-12-15-19-18-13-16-20(2)17-14-18/h13-14,16-17H,3-12,15H2,1-2H3. The lowest BCUT2D eigenvalue weighted by Gasteiger charge is -2.01. The molecule has 0 atom stereocenters. The second-order valence-corrected chi connectivity index (χ2v) is 5.79. The molecule has 0 saturated heterocycles. The Hall–Kier alpha value is -1.05. The maximum Gasteiger partial charge on any atom is 0.0603 e. The molecule has 2 nitrogen and oxygen atoms in total. The molecule has 1 aromatic rings. The smallest absolute Gasteiger partial charge is 0.0603 e. The molecule has 0 spiro atoms. The number of unbranched alkanes of at least 4 members (excludes halogenated alkanes) is 9. The third-order valence-corrected chi connectivity index (χ3v) is 3.77. The minimum atomic E-state index is 0.976. The highest BCUT2D eigenvalue weighted by molar-refractivity contribution is 4.92. The van der Waals surface area contributed by atoms with Crippen molar-refractivity contribution in [1.29, 1.82) is 0 Å². The maximum atomic E-state index is 4.60. The third-order valence-electron chi connectivity index (χ3n) is 3.77. The summed E-state index contributed by atoms with van der Waals surface area (Å²) in [5.74, 6) is 0. The molecular formula is C18H32N2. The van der Waals surface area contributed by atoms with Crippen LogP contribution in [0.15, 0.2) is 29.5 Å². The van der Waals surface area contributed by atoms with Gasteiger partial charge in [0.05, 0.1) is 5.36 Å². The minimum Gasteiger partial charge on any atom is -0.357 e. The number of hydrogen-bond donors (Lipinski definition) is 0. The van der Waals surface area contributed by atoms with E-state index in [0.717, 1.165) is 11.9 Å². The van der Waals surface area contributed by atoms with Crippen LogP contribution >= 0.6 is 0 Å². The van der Waals surface area contributed by atoms with E-state index in [0.29, 0.717) is 0 Å². The average molecular weight is 276 g/mol. The first-order valence-electron chi connectivity index (χ1n) is 8.45. The van der Waals surface area contributed by atoms with E-state index in [2.05, 4.69) is 36.4 Å². The van der Waals surface area contributed by atoms with Crippen molar-refractivity contribution in [3.63, 3.8) is 0 Å². The van der Waals surface area contributed by atoms with Crippen LogP contribution in [0, 0.1) is 0 Å². The number of hydrogen-bond acceptors (Lipinski definition) is 1. The Balaban J connectivity index is 1.92. The van der Waals surface area contributed by atoms with Crippen LogP contribution < -0.4 is 5.36 Å². The zero-order valence-corrected chi connectivity index (χ0v) is 13.5. The summed E-state index contributed by atoms with van der Waals surface area (Å²) in [6.07, 6.45) is 18.0. The largest absolute Gasteiger partial charge is 0.357 e. The maximum absolute atomic E-state index is 4.60. The highest BCUT2D eigenvalue weighted by Gasteiger charge is 1.92. The van der Waals surface area contributed by atoms with Gasteiger partial charge in [0.1, 0.15) is 0 Å². The van der Waals surface area contributed by atoms with Crippen molar-refractivity contribution < 1.29 is 0 Å². The van der Waals surface area contributed by atoms with Gasteiger partial charge in [0.15, 0.2) is 0 Å². The zero-order valence-electron chi connectivity index (χ0n) is 13.5. The summed E-state index contributed by atoms with van der Waals surface area (Å²) in [7, 11) is 2.03. The van der Waals surface area contributed by atoms with Crippen LogP contribution in [0.3, 0.4) is 0 Å². The van der Waals surface area contributed by atoms with E-state index in [1.807, 2.05) is 11.6 Å². The summed E-state index contributed by atoms with van der Waals surface area (Å²) in [6, 6.07) is 4.16. The van der Waals surface area contributed by atoms with E-state index < -0.39 is 0 Å². The van der Waals surface area contributed by atoms with Crippen LogP contribution in [-0.4, -0.2) is 11.1 Å². The van der Waals surface area contributed by atoms with Gasteiger partial charge in [0, 0.05) is 26.0 Å². The first-order valence-corrected chi connectivity index (χ1v) is 8.45. The molecule has 0 saturated carbocycles. The molecule has 114 valence electrons. The molecule has 0 aromatic carbocycles. The molecule has 1 aromatic heterocycles. The summed E-state index contributed by atoms with van der Waals surface area (Å²) >= 11 is 0. The molecule has 0 aliphatic heterocycles. The summed E-state index contributed by atoms with van der Waals surface area (Å²) in [5.41, 5.74) is 0. The Morgan fingerprint density at radius 2 is 1.30 bits per heavy atom. The van der Waals surface area contributed by atoms with Crippen LogP contribution in [0.1, 0.15) is 71.1 Å². The first-order chi connectivity index (χ1) is 9.83. The van der Waals surface area contributed by atoms with E-state index in [4.69, 9.17) is 0 Å². The van der Waals surface area contributed by atoms with E-state index in [1.54, 1.807) is 0 Å². The van der Waals surface area contributed by atoms with Crippen molar-refractivity contribution in [2.75, 3.05) is 6.54 Å². The summed E-state index contributed by atoms with van der Waals surface area (Å²) in [6.45, 7) is 3.25. The van der Waals surface area contributed by atoms with Crippen molar-refractivity contribution in [1.82, 2.24) is 4.57 Å². The first kappa shape index (κ1) is 17.0. The molecule has 0 N–H and O–H groups in total. The van der Waals surface area contributed by atoms with Crippen LogP contribution in [0.25, 0.3) is 0 Å². The molecule has 20 heavy (non-hydrogen) atoms. The van der Waals surface area contributed by atoms with Gasteiger partial charge in [-0.3, -0.25) is 4.99 Å². The topological polar surface area (TPSA) is 17.3 Å². The van der Waals surface area contributed by atoms with E-state index in [-0.39, 0.29) is 0 Å². The number of aryl methyl sites for hydroxylation is 1. The van der Waals surface area contributed by atoms with Gasteiger partial charge in [-0.2, -0.15) is 0 Å². The Morgan fingerprint density at radius 1 is 0.800 bits per heavy atom. The molecule has 2 heteroatoms. The van der Waals surface area contributed by atoms with Gasteiger partial charge in [0.2, 0.25) is 0 Å². The van der Waals surface area contributed by atoms with Gasteiger partial charge < -0.3 is 4.57 Å². The Bertz CT molecular complexity index is 372. The fraction of sp³-hybridized carbons (Fsp3) is 0.722. The van der Waals surface area contributed by atoms with Crippen LogP contribution in [0.4, 0.5) is 0 Å². The Kier molecular flexibility index (Phi) is 9.99. The zero-order chi connectivity index (χ0) is 14.5. The Morgan fingerprint density at radius 3 is 1.85 bits per heavy atom. The van der Waals surface area contributed by atoms with Gasteiger partial charge >= 0.3 is 0 Å². The van der Waals surface area contributed by atoms with Gasteiger partial charge in [-0.1, -0.05) is 64.7 Å². The molecule has 0 unspecified atom stereocenters. The highest BCUT2D eigenvalue weighted by Crippen LogP contribution is 2.10. The fourth-order valence-corrected chi connectivity index (χ4v) is 2.41. The summed E-state index contributed by atoms with van der Waals surface area (Å²) in [4.78, 5) is 4.60. The van der Waals surface area contributed by atoms with Crippen molar-refractivity contribution in [3.8, 4) is 0 Å². The van der Waals surface area contributed by atoms with Gasteiger partial charge in [-0.15, -0.1) is 0 Å². The predicted octanol–water partition coefficient (Wildman–Crippen LogP) is 4.85. The third kappa shape index (κ3) is 8.95. The average Bonchev–Trinajstić information content (AvgIpc) is 2.47. The molecule has 0 amide bonds. The van der Waals surface area contributed by atoms with Gasteiger partial charge in [0.25, 0.3) is 0 Å². The fourth-order valence-electron chi connectivity index (χ4n) is 2.41. The van der Waals surface area contributed by atoms with Gasteiger partial charge in [-0.05, 0) is 18.6 Å². The number of pyridine rings is 1. The molecule has 1 rings (SSSR count). The molecule has 1 heterocycles. The summed E-state index contributed by atoms with van der Waals surface area (Å²) < 4.78 is 2.04. The van der Waals surface area contributed by atoms with E-state index in [1.165, 1.54) is 64.2 Å². The minimum absolute atomic E-state index is 0.976. The normalized spacial score (nSPS) is 10.7. The lowest BCUT2D eigenvalue weighted by atomic mass is 10.1. The van der Waals surface area contributed by atoms with Crippen LogP contribution in [-0.2, 0) is 7.05 Å². The van der Waals surface area contributed by atoms with Crippen LogP contribution in [0.2, 0.25) is 0 Å². The van der Waals surface area contributed by atoms with Crippen molar-refractivity contribution in [3.05, 3.63) is 29.9 Å². The molecular weight excluding hydrogens is 244 g/mol. The molecule has 0 bridgehead atoms. The molecule has 0 fully saturated rings. The molecule has 0 aliphatic carbocycles. The summed E-state index contributed by atoms with van der Waals surface area (Å²) in [5, 5.41) is 1.11. The predicted molar refractivity (Wildman–Crippen MR) is 87.7 cm³/mol. The van der Waals surface area contributed by atoms with E-state index >= 15 is 0 Å². The number of nitrogens with zero attached hydrogens (tertiary/aromatic N) is 2. The van der Waals surface area contributed by atoms with Crippen molar-refractivity contribution in [2.24, 2.45) is 12.0 Å². The van der Waals surface area contributed by atoms with Gasteiger partial charge in [-0.25, -0.2) is 0 Å². The van der Waals surface area contributed by atoms with Crippen LogP contribution in [0.5, 0.6) is 0 Å². The lowest BCUT2D eigenvalue weighted by molar-refractivity contribution is 0.557. The SMILES string of the molecule is CCCCCCCCCCCCN=c1ccn(C)cc1. The second kappa shape index (κ2) is 11.7. The van der Waals surface area contributed by atoms with Crippen molar-refractivity contribution in [2.45, 2.75) is 71.1 Å². The Labute approximate surface area is 125 Å². The highest BCUT2D eigenvalue weighted by atomic mass is 14.9.